The van der Waals surface area contributed by atoms with Gasteiger partial charge in [-0.25, -0.2) is 4.79 Å². The molecule has 0 aliphatic rings. The monoisotopic (exact) mass is 363 g/mol. The molecule has 0 heterocycles. The van der Waals surface area contributed by atoms with Gasteiger partial charge in [0.15, 0.2) is 0 Å². The molecule has 0 saturated heterocycles. The number of nitro benzene ring substituents is 1. The van der Waals surface area contributed by atoms with E-state index < -0.39 is 10.9 Å². The van der Waals surface area contributed by atoms with Gasteiger partial charge in [0.1, 0.15) is 5.75 Å². The van der Waals surface area contributed by atoms with Crippen LogP contribution in [0.15, 0.2) is 42.5 Å². The summed E-state index contributed by atoms with van der Waals surface area (Å²) in [6.07, 6.45) is 0. The van der Waals surface area contributed by atoms with Crippen LogP contribution < -0.4 is 4.74 Å². The number of esters is 1. The van der Waals surface area contributed by atoms with Gasteiger partial charge in [0.25, 0.3) is 5.69 Å². The summed E-state index contributed by atoms with van der Waals surface area (Å²) in [7, 11) is 6.00. The molecular weight excluding hydrogens is 338 g/mol. The van der Waals surface area contributed by atoms with Gasteiger partial charge in [-0.05, 0) is 12.1 Å². The first-order valence-corrected chi connectivity index (χ1v) is 7.90. The number of non-ortho nitro benzene ring substituents is 1. The van der Waals surface area contributed by atoms with Crippen molar-refractivity contribution < 1.29 is 23.9 Å². The Morgan fingerprint density at radius 1 is 0.962 bits per heavy atom. The summed E-state index contributed by atoms with van der Waals surface area (Å²) < 4.78 is 14.2. The van der Waals surface area contributed by atoms with E-state index in [0.29, 0.717) is 16.9 Å². The third kappa shape index (κ3) is 6.18. The molecule has 26 heavy (non-hydrogen) atoms. The topological polar surface area (TPSA) is 87.9 Å². The zero-order valence-corrected chi connectivity index (χ0v) is 15.9. The first-order valence-electron chi connectivity index (χ1n) is 7.90. The minimum absolute atomic E-state index is 0.121. The van der Waals surface area contributed by atoms with Gasteiger partial charge in [0.2, 0.25) is 0 Å². The molecule has 2 aromatic carbocycles. The SMILES string of the molecule is CC.COC.COC(=O)c1cc([N+](=O)[O-])ccc1-c1ccccc1OC. The molecule has 7 heteroatoms. The fourth-order valence-corrected chi connectivity index (χ4v) is 2.03. The molecule has 0 amide bonds. The third-order valence-electron chi connectivity index (χ3n) is 3.02. The number of rotatable bonds is 4. The smallest absolute Gasteiger partial charge is 0.338 e. The second-order valence-electron chi connectivity index (χ2n) is 4.59. The third-order valence-corrected chi connectivity index (χ3v) is 3.02. The van der Waals surface area contributed by atoms with Crippen LogP contribution in [0, 0.1) is 10.1 Å². The molecule has 2 aromatic rings. The number of carbonyl (C=O) groups is 1. The Morgan fingerprint density at radius 3 is 2.04 bits per heavy atom. The quantitative estimate of drug-likeness (QED) is 0.456. The highest BCUT2D eigenvalue weighted by Crippen LogP contribution is 2.34. The van der Waals surface area contributed by atoms with Crippen molar-refractivity contribution in [1.29, 1.82) is 0 Å². The summed E-state index contributed by atoms with van der Waals surface area (Å²) in [5.74, 6) is -0.0730. The lowest BCUT2D eigenvalue weighted by atomic mass is 9.98. The molecule has 0 bridgehead atoms. The van der Waals surface area contributed by atoms with E-state index in [1.807, 2.05) is 13.8 Å². The van der Waals surface area contributed by atoms with Crippen LogP contribution in [0.1, 0.15) is 24.2 Å². The van der Waals surface area contributed by atoms with E-state index in [2.05, 4.69) is 4.74 Å². The fourth-order valence-electron chi connectivity index (χ4n) is 2.03. The van der Waals surface area contributed by atoms with Gasteiger partial charge in [0.05, 0.1) is 24.7 Å². The Labute approximate surface area is 153 Å². The van der Waals surface area contributed by atoms with Gasteiger partial charge in [0, 0.05) is 37.5 Å². The Hall–Kier alpha value is -2.93. The number of hydrogen-bond donors (Lipinski definition) is 0. The lowest BCUT2D eigenvalue weighted by Crippen LogP contribution is -2.05. The van der Waals surface area contributed by atoms with Crippen LogP contribution in [0.2, 0.25) is 0 Å². The molecule has 7 nitrogen and oxygen atoms in total. The van der Waals surface area contributed by atoms with Crippen molar-refractivity contribution in [3.05, 3.63) is 58.1 Å². The van der Waals surface area contributed by atoms with Gasteiger partial charge in [-0.3, -0.25) is 10.1 Å². The van der Waals surface area contributed by atoms with Crippen LogP contribution in [0.5, 0.6) is 5.75 Å². The van der Waals surface area contributed by atoms with Crippen molar-refractivity contribution in [2.45, 2.75) is 13.8 Å². The zero-order chi connectivity index (χ0) is 20.1. The predicted molar refractivity (Wildman–Crippen MR) is 101 cm³/mol. The lowest BCUT2D eigenvalue weighted by Gasteiger charge is -2.11. The van der Waals surface area contributed by atoms with Crippen LogP contribution in [0.4, 0.5) is 5.69 Å². The zero-order valence-electron chi connectivity index (χ0n) is 15.9. The number of ether oxygens (including phenoxy) is 3. The average Bonchev–Trinajstić information content (AvgIpc) is 2.69. The highest BCUT2D eigenvalue weighted by atomic mass is 16.6. The summed E-state index contributed by atoms with van der Waals surface area (Å²) in [6.45, 7) is 4.00. The predicted octanol–water partition coefficient (Wildman–Crippen LogP) is 4.35. The van der Waals surface area contributed by atoms with E-state index in [1.54, 1.807) is 38.5 Å². The highest BCUT2D eigenvalue weighted by molar-refractivity contribution is 5.98. The van der Waals surface area contributed by atoms with Crippen molar-refractivity contribution in [2.24, 2.45) is 0 Å². The maximum absolute atomic E-state index is 11.9. The molecule has 0 fully saturated rings. The second kappa shape index (κ2) is 12.4. The average molecular weight is 363 g/mol. The summed E-state index contributed by atoms with van der Waals surface area (Å²) >= 11 is 0. The van der Waals surface area contributed by atoms with E-state index in [-0.39, 0.29) is 11.3 Å². The van der Waals surface area contributed by atoms with Gasteiger partial charge >= 0.3 is 5.97 Å². The van der Waals surface area contributed by atoms with Gasteiger partial charge < -0.3 is 14.2 Å². The number of para-hydroxylation sites is 1. The number of carbonyl (C=O) groups excluding carboxylic acids is 1. The lowest BCUT2D eigenvalue weighted by molar-refractivity contribution is -0.384. The summed E-state index contributed by atoms with van der Waals surface area (Å²) in [5.41, 5.74) is 1.13. The molecule has 0 aromatic heterocycles. The second-order valence-corrected chi connectivity index (χ2v) is 4.59. The Balaban J connectivity index is 0.00000113. The number of benzene rings is 2. The van der Waals surface area contributed by atoms with Gasteiger partial charge in [-0.15, -0.1) is 0 Å². The molecule has 0 spiro atoms. The maximum Gasteiger partial charge on any atom is 0.338 e. The largest absolute Gasteiger partial charge is 0.496 e. The van der Waals surface area contributed by atoms with Crippen molar-refractivity contribution in [3.8, 4) is 16.9 Å². The Morgan fingerprint density at radius 2 is 1.54 bits per heavy atom. The molecule has 2 rings (SSSR count). The molecule has 0 saturated carbocycles. The molecule has 0 aliphatic carbocycles. The number of nitro groups is 1. The molecule has 0 radical (unpaired) electrons. The van der Waals surface area contributed by atoms with Crippen molar-refractivity contribution >= 4 is 11.7 Å². The van der Waals surface area contributed by atoms with Crippen molar-refractivity contribution in [3.63, 3.8) is 0 Å². The van der Waals surface area contributed by atoms with Crippen LogP contribution in [0.25, 0.3) is 11.1 Å². The van der Waals surface area contributed by atoms with Crippen molar-refractivity contribution in [1.82, 2.24) is 0 Å². The minimum atomic E-state index is -0.639. The van der Waals surface area contributed by atoms with E-state index in [4.69, 9.17) is 9.47 Å². The van der Waals surface area contributed by atoms with Crippen LogP contribution in [0.3, 0.4) is 0 Å². The van der Waals surface area contributed by atoms with Crippen LogP contribution in [-0.2, 0) is 9.47 Å². The maximum atomic E-state index is 11.9. The highest BCUT2D eigenvalue weighted by Gasteiger charge is 2.20. The molecule has 0 unspecified atom stereocenters. The number of nitrogens with zero attached hydrogens (tertiary/aromatic N) is 1. The van der Waals surface area contributed by atoms with E-state index in [9.17, 15) is 14.9 Å². The van der Waals surface area contributed by atoms with Gasteiger partial charge in [-0.1, -0.05) is 32.0 Å². The van der Waals surface area contributed by atoms with Crippen LogP contribution >= 0.6 is 0 Å². The molecule has 142 valence electrons. The fraction of sp³-hybridized carbons (Fsp3) is 0.316. The van der Waals surface area contributed by atoms with Crippen molar-refractivity contribution in [2.75, 3.05) is 28.4 Å². The van der Waals surface area contributed by atoms with E-state index in [0.717, 1.165) is 0 Å². The number of hydrogen-bond acceptors (Lipinski definition) is 6. The number of methoxy groups -OCH3 is 3. The Bertz CT molecular complexity index is 715. The standard InChI is InChI=1S/C15H13NO5.C2H6O.C2H6/c1-20-14-6-4-3-5-12(14)11-8-7-10(16(18)19)9-13(11)15(17)21-2;1-3-2;1-2/h3-9H,1-2H3;1-2H3;1-2H3. The van der Waals surface area contributed by atoms with E-state index in [1.165, 1.54) is 32.4 Å². The van der Waals surface area contributed by atoms with E-state index >= 15 is 0 Å². The van der Waals surface area contributed by atoms with Gasteiger partial charge in [-0.2, -0.15) is 0 Å². The normalized spacial score (nSPS) is 9.00. The first kappa shape index (κ1) is 23.1. The first-order chi connectivity index (χ1) is 12.5. The van der Waals surface area contributed by atoms with Crippen LogP contribution in [-0.4, -0.2) is 39.3 Å². The molecule has 0 atom stereocenters. The molecular formula is C19H25NO6. The summed E-state index contributed by atoms with van der Waals surface area (Å²) in [6, 6.07) is 11.2. The molecule has 0 aliphatic heterocycles. The minimum Gasteiger partial charge on any atom is -0.496 e. The molecule has 0 N–H and O–H groups in total. The Kier molecular flexibility index (Phi) is 11.0. The summed E-state index contributed by atoms with van der Waals surface area (Å²) in [4.78, 5) is 22.2. The summed E-state index contributed by atoms with van der Waals surface area (Å²) in [5, 5.41) is 10.9.